The van der Waals surface area contributed by atoms with Crippen LogP contribution in [0.2, 0.25) is 0 Å². The van der Waals surface area contributed by atoms with Crippen LogP contribution in [-0.4, -0.2) is 46.6 Å². The first-order chi connectivity index (χ1) is 12.0. The molecule has 7 heteroatoms. The minimum Gasteiger partial charge on any atom is -0.356 e. The van der Waals surface area contributed by atoms with E-state index in [-0.39, 0.29) is 11.9 Å². The SMILES string of the molecule is CCC(=O)N1CCCC[C@@H]1c1nc(N(C)C)ncc1-c1cc(C)no1. The van der Waals surface area contributed by atoms with E-state index >= 15 is 0 Å². The number of aromatic nitrogens is 3. The summed E-state index contributed by atoms with van der Waals surface area (Å²) in [5, 5.41) is 3.99. The fourth-order valence-corrected chi connectivity index (χ4v) is 3.25. The summed E-state index contributed by atoms with van der Waals surface area (Å²) in [7, 11) is 3.82. The minimum absolute atomic E-state index is 0.0525. The molecule has 0 aliphatic carbocycles. The molecular weight excluding hydrogens is 318 g/mol. The van der Waals surface area contributed by atoms with Gasteiger partial charge in [-0.15, -0.1) is 0 Å². The third kappa shape index (κ3) is 3.50. The predicted octanol–water partition coefficient (Wildman–Crippen LogP) is 2.97. The smallest absolute Gasteiger partial charge is 0.225 e. The molecule has 0 spiro atoms. The van der Waals surface area contributed by atoms with Crippen LogP contribution in [0.15, 0.2) is 16.8 Å². The molecule has 3 heterocycles. The normalized spacial score (nSPS) is 17.6. The Morgan fingerprint density at radius 2 is 2.20 bits per heavy atom. The van der Waals surface area contributed by atoms with Gasteiger partial charge in [0.05, 0.1) is 23.0 Å². The zero-order valence-corrected chi connectivity index (χ0v) is 15.3. The van der Waals surface area contributed by atoms with Crippen molar-refractivity contribution in [3.05, 3.63) is 23.7 Å². The maximum Gasteiger partial charge on any atom is 0.225 e. The number of hydrogen-bond donors (Lipinski definition) is 0. The molecule has 1 saturated heterocycles. The van der Waals surface area contributed by atoms with Gasteiger partial charge in [0.2, 0.25) is 11.9 Å². The van der Waals surface area contributed by atoms with Gasteiger partial charge in [-0.05, 0) is 26.2 Å². The molecule has 2 aromatic heterocycles. The van der Waals surface area contributed by atoms with E-state index in [1.807, 2.05) is 43.8 Å². The first kappa shape index (κ1) is 17.4. The van der Waals surface area contributed by atoms with Crippen molar-refractivity contribution in [1.82, 2.24) is 20.0 Å². The van der Waals surface area contributed by atoms with Gasteiger partial charge in [0, 0.05) is 39.3 Å². The van der Waals surface area contributed by atoms with Crippen molar-refractivity contribution in [3.8, 4) is 11.3 Å². The second-order valence-electron chi connectivity index (χ2n) is 6.65. The summed E-state index contributed by atoms with van der Waals surface area (Å²) in [5.41, 5.74) is 2.46. The molecule has 1 aliphatic heterocycles. The average molecular weight is 343 g/mol. The van der Waals surface area contributed by atoms with E-state index in [9.17, 15) is 4.79 Å². The van der Waals surface area contributed by atoms with Gasteiger partial charge in [-0.1, -0.05) is 12.1 Å². The van der Waals surface area contributed by atoms with Crippen LogP contribution in [0.4, 0.5) is 5.95 Å². The van der Waals surface area contributed by atoms with Crippen LogP contribution in [0.3, 0.4) is 0 Å². The molecule has 25 heavy (non-hydrogen) atoms. The van der Waals surface area contributed by atoms with E-state index in [0.717, 1.165) is 42.8 Å². The molecule has 1 aliphatic rings. The van der Waals surface area contributed by atoms with Crippen LogP contribution < -0.4 is 4.90 Å². The lowest BCUT2D eigenvalue weighted by Crippen LogP contribution is -2.38. The number of amides is 1. The molecule has 1 amide bonds. The van der Waals surface area contributed by atoms with Gasteiger partial charge in [0.25, 0.3) is 0 Å². The molecule has 2 aromatic rings. The number of piperidine rings is 1. The predicted molar refractivity (Wildman–Crippen MR) is 95.2 cm³/mol. The standard InChI is InChI=1S/C18H25N5O2/c1-5-16(24)23-9-7-6-8-14(23)17-13(15-10-12(2)21-25-15)11-19-18(20-17)22(3)4/h10-11,14H,5-9H2,1-4H3/t14-/m1/s1. The molecule has 3 rings (SSSR count). The molecule has 0 N–H and O–H groups in total. The molecule has 1 fully saturated rings. The van der Waals surface area contributed by atoms with Gasteiger partial charge >= 0.3 is 0 Å². The number of likely N-dealkylation sites (tertiary alicyclic amines) is 1. The summed E-state index contributed by atoms with van der Waals surface area (Å²) in [6.45, 7) is 4.56. The Bertz CT molecular complexity index is 756. The van der Waals surface area contributed by atoms with E-state index in [1.165, 1.54) is 0 Å². The third-order valence-corrected chi connectivity index (χ3v) is 4.54. The molecule has 7 nitrogen and oxygen atoms in total. The first-order valence-corrected chi connectivity index (χ1v) is 8.78. The maximum absolute atomic E-state index is 12.5. The van der Waals surface area contributed by atoms with Gasteiger partial charge in [0.1, 0.15) is 0 Å². The van der Waals surface area contributed by atoms with Crippen LogP contribution in [0.25, 0.3) is 11.3 Å². The number of carbonyl (C=O) groups is 1. The van der Waals surface area contributed by atoms with Crippen molar-refractivity contribution in [3.63, 3.8) is 0 Å². The van der Waals surface area contributed by atoms with Crippen molar-refractivity contribution < 1.29 is 9.32 Å². The van der Waals surface area contributed by atoms with E-state index in [2.05, 4.69) is 10.1 Å². The average Bonchev–Trinajstić information content (AvgIpc) is 3.06. The van der Waals surface area contributed by atoms with E-state index < -0.39 is 0 Å². The van der Waals surface area contributed by atoms with Crippen LogP contribution in [0.5, 0.6) is 0 Å². The second-order valence-corrected chi connectivity index (χ2v) is 6.65. The largest absolute Gasteiger partial charge is 0.356 e. The fourth-order valence-electron chi connectivity index (χ4n) is 3.25. The molecule has 0 unspecified atom stereocenters. The summed E-state index contributed by atoms with van der Waals surface area (Å²) in [5.74, 6) is 1.44. The lowest BCUT2D eigenvalue weighted by molar-refractivity contribution is -0.134. The van der Waals surface area contributed by atoms with Gasteiger partial charge in [-0.25, -0.2) is 9.97 Å². The number of carbonyl (C=O) groups excluding carboxylic acids is 1. The highest BCUT2D eigenvalue weighted by Crippen LogP contribution is 2.36. The number of hydrogen-bond acceptors (Lipinski definition) is 6. The summed E-state index contributed by atoms with van der Waals surface area (Å²) in [6.07, 6.45) is 5.29. The number of nitrogens with zero attached hydrogens (tertiary/aromatic N) is 5. The van der Waals surface area contributed by atoms with Crippen LogP contribution in [0.1, 0.15) is 50.0 Å². The summed E-state index contributed by atoms with van der Waals surface area (Å²) < 4.78 is 5.46. The Morgan fingerprint density at radius 3 is 2.84 bits per heavy atom. The lowest BCUT2D eigenvalue weighted by atomic mass is 9.95. The zero-order chi connectivity index (χ0) is 18.0. The van der Waals surface area contributed by atoms with Gasteiger partial charge in [0.15, 0.2) is 5.76 Å². The van der Waals surface area contributed by atoms with Gasteiger partial charge in [-0.3, -0.25) is 4.79 Å². The second kappa shape index (κ2) is 7.21. The highest BCUT2D eigenvalue weighted by atomic mass is 16.5. The summed E-state index contributed by atoms with van der Waals surface area (Å²) in [4.78, 5) is 25.5. The Hall–Kier alpha value is -2.44. The quantitative estimate of drug-likeness (QED) is 0.849. The highest BCUT2D eigenvalue weighted by Gasteiger charge is 2.31. The molecule has 134 valence electrons. The van der Waals surface area contributed by atoms with Crippen LogP contribution >= 0.6 is 0 Å². The number of aryl methyl sites for hydroxylation is 1. The van der Waals surface area contributed by atoms with Crippen molar-refractivity contribution in [2.45, 2.75) is 45.6 Å². The van der Waals surface area contributed by atoms with Gasteiger partial charge in [-0.2, -0.15) is 0 Å². The van der Waals surface area contributed by atoms with E-state index in [1.54, 1.807) is 6.20 Å². The Kier molecular flexibility index (Phi) is 5.01. The number of rotatable bonds is 4. The molecule has 0 aromatic carbocycles. The van der Waals surface area contributed by atoms with Gasteiger partial charge < -0.3 is 14.3 Å². The van der Waals surface area contributed by atoms with Crippen molar-refractivity contribution in [1.29, 1.82) is 0 Å². The molecule has 1 atom stereocenters. The van der Waals surface area contributed by atoms with Crippen molar-refractivity contribution in [2.24, 2.45) is 0 Å². The molecule has 0 radical (unpaired) electrons. The van der Waals surface area contributed by atoms with E-state index in [0.29, 0.717) is 18.1 Å². The summed E-state index contributed by atoms with van der Waals surface area (Å²) >= 11 is 0. The maximum atomic E-state index is 12.5. The minimum atomic E-state index is -0.0525. The number of anilines is 1. The molecule has 0 saturated carbocycles. The van der Waals surface area contributed by atoms with E-state index in [4.69, 9.17) is 9.51 Å². The first-order valence-electron chi connectivity index (χ1n) is 8.78. The third-order valence-electron chi connectivity index (χ3n) is 4.54. The Balaban J connectivity index is 2.10. The summed E-state index contributed by atoms with van der Waals surface area (Å²) in [6, 6.07) is 1.83. The highest BCUT2D eigenvalue weighted by molar-refractivity contribution is 5.77. The fraction of sp³-hybridized carbons (Fsp3) is 0.556. The Labute approximate surface area is 148 Å². The molecule has 0 bridgehead atoms. The van der Waals surface area contributed by atoms with Crippen molar-refractivity contribution in [2.75, 3.05) is 25.5 Å². The zero-order valence-electron chi connectivity index (χ0n) is 15.3. The Morgan fingerprint density at radius 1 is 1.40 bits per heavy atom. The van der Waals surface area contributed by atoms with Crippen LogP contribution in [-0.2, 0) is 4.79 Å². The van der Waals surface area contributed by atoms with Crippen LogP contribution in [0, 0.1) is 6.92 Å². The monoisotopic (exact) mass is 343 g/mol. The van der Waals surface area contributed by atoms with Crippen molar-refractivity contribution >= 4 is 11.9 Å². The topological polar surface area (TPSA) is 75.4 Å². The molecular formula is C18H25N5O2. The lowest BCUT2D eigenvalue weighted by Gasteiger charge is -2.36.